The average molecular weight is 280 g/mol. The van der Waals surface area contributed by atoms with Gasteiger partial charge in [-0.05, 0) is 23.8 Å². The monoisotopic (exact) mass is 279 g/mol. The molecule has 0 unspecified atom stereocenters. The van der Waals surface area contributed by atoms with Crippen LogP contribution in [0, 0.1) is 10.1 Å². The fourth-order valence-corrected chi connectivity index (χ4v) is 1.70. The van der Waals surface area contributed by atoms with Gasteiger partial charge in [0.05, 0.1) is 16.0 Å². The zero-order chi connectivity index (χ0) is 13.8. The summed E-state index contributed by atoms with van der Waals surface area (Å²) in [4.78, 5) is 10.1. The number of hydrogen-bond acceptors (Lipinski definition) is 4. The van der Waals surface area contributed by atoms with Gasteiger partial charge >= 0.3 is 0 Å². The minimum Gasteiger partial charge on any atom is -0.508 e. The van der Waals surface area contributed by atoms with Crippen LogP contribution < -0.4 is 4.74 Å². The van der Waals surface area contributed by atoms with E-state index in [1.807, 2.05) is 0 Å². The van der Waals surface area contributed by atoms with Gasteiger partial charge in [0.25, 0.3) is 5.69 Å². The molecule has 6 heteroatoms. The lowest BCUT2D eigenvalue weighted by molar-refractivity contribution is -0.384. The van der Waals surface area contributed by atoms with Crippen molar-refractivity contribution >= 4 is 17.3 Å². The molecule has 19 heavy (non-hydrogen) atoms. The first-order chi connectivity index (χ1) is 9.06. The molecule has 5 nitrogen and oxygen atoms in total. The molecule has 2 aromatic rings. The molecule has 0 saturated heterocycles. The summed E-state index contributed by atoms with van der Waals surface area (Å²) >= 11 is 5.90. The van der Waals surface area contributed by atoms with E-state index < -0.39 is 4.92 Å². The SMILES string of the molecule is O=[N+]([O-])c1ccc(Cl)c(OCc2cccc(O)c2)c1. The highest BCUT2D eigenvalue weighted by atomic mass is 35.5. The lowest BCUT2D eigenvalue weighted by atomic mass is 10.2. The minimum atomic E-state index is -0.516. The van der Waals surface area contributed by atoms with Crippen LogP contribution in [0.5, 0.6) is 11.5 Å². The molecule has 0 aliphatic carbocycles. The number of hydrogen-bond donors (Lipinski definition) is 1. The molecule has 0 bridgehead atoms. The highest BCUT2D eigenvalue weighted by Gasteiger charge is 2.10. The maximum absolute atomic E-state index is 10.7. The molecule has 2 aromatic carbocycles. The Morgan fingerprint density at radius 3 is 2.74 bits per heavy atom. The number of phenols is 1. The third-order valence-electron chi connectivity index (χ3n) is 2.43. The summed E-state index contributed by atoms with van der Waals surface area (Å²) in [5.74, 6) is 0.366. The first-order valence-corrected chi connectivity index (χ1v) is 5.79. The zero-order valence-electron chi connectivity index (χ0n) is 9.75. The number of halogens is 1. The second-order valence-electron chi connectivity index (χ2n) is 3.83. The number of aromatic hydroxyl groups is 1. The van der Waals surface area contributed by atoms with Gasteiger partial charge in [-0.2, -0.15) is 0 Å². The average Bonchev–Trinajstić information content (AvgIpc) is 2.37. The summed E-state index contributed by atoms with van der Waals surface area (Å²) in [6.45, 7) is 0.162. The van der Waals surface area contributed by atoms with Crippen molar-refractivity contribution in [3.63, 3.8) is 0 Å². The van der Waals surface area contributed by atoms with Crippen molar-refractivity contribution in [3.8, 4) is 11.5 Å². The maximum atomic E-state index is 10.7. The summed E-state index contributed by atoms with van der Waals surface area (Å²) < 4.78 is 5.42. The Labute approximate surface area is 114 Å². The van der Waals surface area contributed by atoms with Gasteiger partial charge in [-0.25, -0.2) is 0 Å². The summed E-state index contributed by atoms with van der Waals surface area (Å²) in [5, 5.41) is 20.3. The third kappa shape index (κ3) is 3.35. The lowest BCUT2D eigenvalue weighted by Crippen LogP contribution is -1.97. The summed E-state index contributed by atoms with van der Waals surface area (Å²) in [6, 6.07) is 10.5. The highest BCUT2D eigenvalue weighted by molar-refractivity contribution is 6.32. The van der Waals surface area contributed by atoms with E-state index in [0.29, 0.717) is 5.02 Å². The van der Waals surface area contributed by atoms with Crippen LogP contribution in [0.3, 0.4) is 0 Å². The van der Waals surface area contributed by atoms with Gasteiger partial charge in [0.2, 0.25) is 0 Å². The van der Waals surface area contributed by atoms with Crippen molar-refractivity contribution in [2.24, 2.45) is 0 Å². The zero-order valence-corrected chi connectivity index (χ0v) is 10.5. The van der Waals surface area contributed by atoms with E-state index in [0.717, 1.165) is 5.56 Å². The van der Waals surface area contributed by atoms with E-state index in [9.17, 15) is 15.2 Å². The fourth-order valence-electron chi connectivity index (χ4n) is 1.52. The molecule has 1 N–H and O–H groups in total. The van der Waals surface area contributed by atoms with Crippen molar-refractivity contribution in [3.05, 3.63) is 63.2 Å². The third-order valence-corrected chi connectivity index (χ3v) is 2.74. The van der Waals surface area contributed by atoms with Gasteiger partial charge in [0.15, 0.2) is 0 Å². The quantitative estimate of drug-likeness (QED) is 0.686. The topological polar surface area (TPSA) is 72.6 Å². The van der Waals surface area contributed by atoms with Gasteiger partial charge in [0, 0.05) is 6.07 Å². The van der Waals surface area contributed by atoms with E-state index in [1.165, 1.54) is 18.2 Å². The molecule has 0 amide bonds. The number of rotatable bonds is 4. The standard InChI is InChI=1S/C13H10ClNO4/c14-12-5-4-10(15(17)18)7-13(12)19-8-9-2-1-3-11(16)6-9/h1-7,16H,8H2. The van der Waals surface area contributed by atoms with Crippen LogP contribution in [0.4, 0.5) is 5.69 Å². The maximum Gasteiger partial charge on any atom is 0.273 e. The molecule has 0 aliphatic heterocycles. The van der Waals surface area contributed by atoms with Crippen molar-refractivity contribution in [1.82, 2.24) is 0 Å². The Kier molecular flexibility index (Phi) is 3.87. The smallest absolute Gasteiger partial charge is 0.273 e. The van der Waals surface area contributed by atoms with Crippen LogP contribution in [0.2, 0.25) is 5.02 Å². The van der Waals surface area contributed by atoms with Crippen molar-refractivity contribution in [2.75, 3.05) is 0 Å². The molecule has 0 saturated carbocycles. The van der Waals surface area contributed by atoms with E-state index in [-0.39, 0.29) is 23.8 Å². The Morgan fingerprint density at radius 2 is 2.05 bits per heavy atom. The Hall–Kier alpha value is -2.27. The van der Waals surface area contributed by atoms with Crippen LogP contribution in [0.15, 0.2) is 42.5 Å². The molecular weight excluding hydrogens is 270 g/mol. The molecule has 0 fully saturated rings. The second-order valence-corrected chi connectivity index (χ2v) is 4.24. The Bertz CT molecular complexity index is 615. The van der Waals surface area contributed by atoms with Crippen molar-refractivity contribution in [1.29, 1.82) is 0 Å². The van der Waals surface area contributed by atoms with E-state index in [2.05, 4.69) is 0 Å². The van der Waals surface area contributed by atoms with E-state index in [4.69, 9.17) is 16.3 Å². The van der Waals surface area contributed by atoms with Crippen LogP contribution in [-0.2, 0) is 6.61 Å². The van der Waals surface area contributed by atoms with Gasteiger partial charge in [-0.3, -0.25) is 10.1 Å². The molecule has 0 heterocycles. The Morgan fingerprint density at radius 1 is 1.26 bits per heavy atom. The van der Waals surface area contributed by atoms with Crippen LogP contribution >= 0.6 is 11.6 Å². The Balaban J connectivity index is 2.15. The summed E-state index contributed by atoms with van der Waals surface area (Å²) in [5.41, 5.74) is 0.651. The molecule has 0 radical (unpaired) electrons. The van der Waals surface area contributed by atoms with Gasteiger partial charge in [-0.1, -0.05) is 23.7 Å². The predicted molar refractivity (Wildman–Crippen MR) is 70.5 cm³/mol. The first-order valence-electron chi connectivity index (χ1n) is 5.41. The summed E-state index contributed by atoms with van der Waals surface area (Å²) in [7, 11) is 0. The first kappa shape index (κ1) is 13.2. The predicted octanol–water partition coefficient (Wildman–Crippen LogP) is 3.53. The molecule has 0 atom stereocenters. The molecule has 98 valence electrons. The lowest BCUT2D eigenvalue weighted by Gasteiger charge is -2.08. The second kappa shape index (κ2) is 5.58. The normalized spacial score (nSPS) is 10.2. The number of benzene rings is 2. The molecular formula is C13H10ClNO4. The number of phenolic OH excluding ortho intramolecular Hbond substituents is 1. The minimum absolute atomic E-state index is 0.0877. The number of nitro benzene ring substituents is 1. The molecule has 0 aliphatic rings. The van der Waals surface area contributed by atoms with Crippen molar-refractivity contribution < 1.29 is 14.8 Å². The van der Waals surface area contributed by atoms with Crippen LogP contribution in [-0.4, -0.2) is 10.0 Å². The van der Waals surface area contributed by atoms with Gasteiger partial charge < -0.3 is 9.84 Å². The van der Waals surface area contributed by atoms with Gasteiger partial charge in [-0.15, -0.1) is 0 Å². The molecule has 2 rings (SSSR count). The molecule has 0 aromatic heterocycles. The largest absolute Gasteiger partial charge is 0.508 e. The van der Waals surface area contributed by atoms with E-state index >= 15 is 0 Å². The number of ether oxygens (including phenoxy) is 1. The summed E-state index contributed by atoms with van der Waals surface area (Å²) in [6.07, 6.45) is 0. The number of nitro groups is 1. The van der Waals surface area contributed by atoms with Crippen molar-refractivity contribution in [2.45, 2.75) is 6.61 Å². The molecule has 0 spiro atoms. The number of non-ortho nitro benzene ring substituents is 1. The fraction of sp³-hybridized carbons (Fsp3) is 0.0769. The van der Waals surface area contributed by atoms with Crippen LogP contribution in [0.25, 0.3) is 0 Å². The van der Waals surface area contributed by atoms with E-state index in [1.54, 1.807) is 24.3 Å². The number of nitrogens with zero attached hydrogens (tertiary/aromatic N) is 1. The van der Waals surface area contributed by atoms with Gasteiger partial charge in [0.1, 0.15) is 18.1 Å². The van der Waals surface area contributed by atoms with Crippen LogP contribution in [0.1, 0.15) is 5.56 Å². The highest BCUT2D eigenvalue weighted by Crippen LogP contribution is 2.29.